The second-order valence-corrected chi connectivity index (χ2v) is 5.12. The van der Waals surface area contributed by atoms with Crippen LogP contribution in [0.3, 0.4) is 0 Å². The summed E-state index contributed by atoms with van der Waals surface area (Å²) in [5.41, 5.74) is 0. The molecule has 1 atom stereocenters. The lowest BCUT2D eigenvalue weighted by Gasteiger charge is -2.25. The minimum Gasteiger partial charge on any atom is -0.343 e. The highest BCUT2D eigenvalue weighted by Gasteiger charge is 2.19. The lowest BCUT2D eigenvalue weighted by atomic mass is 10.0. The molecule has 2 aliphatic rings. The van der Waals surface area contributed by atoms with E-state index in [1.165, 1.54) is 38.5 Å². The molecule has 0 aromatic rings. The van der Waals surface area contributed by atoms with Crippen molar-refractivity contribution >= 4 is 5.91 Å². The van der Waals surface area contributed by atoms with Crippen molar-refractivity contribution in [2.45, 2.75) is 51.4 Å². The number of likely N-dealkylation sites (tertiary alicyclic amines) is 1. The molecule has 1 fully saturated rings. The molecule has 16 heavy (non-hydrogen) atoms. The van der Waals surface area contributed by atoms with Gasteiger partial charge >= 0.3 is 0 Å². The smallest absolute Gasteiger partial charge is 0.223 e. The second kappa shape index (κ2) is 6.07. The molecule has 0 saturated carbocycles. The third-order valence-electron chi connectivity index (χ3n) is 3.76. The van der Waals surface area contributed by atoms with Crippen LogP contribution in [0.4, 0.5) is 0 Å². The van der Waals surface area contributed by atoms with Crippen LogP contribution >= 0.6 is 0 Å². The van der Waals surface area contributed by atoms with Crippen molar-refractivity contribution in [2.24, 2.45) is 5.92 Å². The predicted molar refractivity (Wildman–Crippen MR) is 66.1 cm³/mol. The van der Waals surface area contributed by atoms with Gasteiger partial charge < -0.3 is 4.90 Å². The molecule has 0 radical (unpaired) electrons. The fourth-order valence-corrected chi connectivity index (χ4v) is 2.72. The molecule has 0 spiro atoms. The number of amides is 1. The highest BCUT2D eigenvalue weighted by atomic mass is 16.2. The summed E-state index contributed by atoms with van der Waals surface area (Å²) in [5.74, 6) is 0.913. The Morgan fingerprint density at radius 3 is 2.44 bits per heavy atom. The van der Waals surface area contributed by atoms with E-state index in [0.717, 1.165) is 25.9 Å². The second-order valence-electron chi connectivity index (χ2n) is 5.12. The Hall–Kier alpha value is -0.790. The highest BCUT2D eigenvalue weighted by molar-refractivity contribution is 5.76. The molecule has 1 saturated heterocycles. The van der Waals surface area contributed by atoms with Crippen LogP contribution in [0.1, 0.15) is 51.4 Å². The number of carbonyl (C=O) groups is 1. The zero-order valence-corrected chi connectivity index (χ0v) is 10.2. The van der Waals surface area contributed by atoms with Gasteiger partial charge in [-0.2, -0.15) is 0 Å². The molecule has 0 aromatic carbocycles. The van der Waals surface area contributed by atoms with Crippen molar-refractivity contribution in [1.82, 2.24) is 4.90 Å². The van der Waals surface area contributed by atoms with E-state index in [1.807, 2.05) is 0 Å². The normalized spacial score (nSPS) is 26.5. The molecular weight excluding hydrogens is 198 g/mol. The largest absolute Gasteiger partial charge is 0.343 e. The lowest BCUT2D eigenvalue weighted by Crippen LogP contribution is -2.34. The number of allylic oxidation sites excluding steroid dienone is 2. The van der Waals surface area contributed by atoms with Gasteiger partial charge in [0.2, 0.25) is 5.91 Å². The molecule has 2 rings (SSSR count). The molecule has 0 aromatic heterocycles. The van der Waals surface area contributed by atoms with E-state index < -0.39 is 0 Å². The van der Waals surface area contributed by atoms with Crippen molar-refractivity contribution in [3.63, 3.8) is 0 Å². The first-order chi connectivity index (χ1) is 7.86. The number of hydrogen-bond donors (Lipinski definition) is 0. The molecule has 1 amide bonds. The Morgan fingerprint density at radius 2 is 1.81 bits per heavy atom. The van der Waals surface area contributed by atoms with Crippen LogP contribution in [-0.4, -0.2) is 23.9 Å². The average molecular weight is 221 g/mol. The SMILES string of the molecule is O=C(C[C@@H]1C=CCC1)N1CCCCCCC1. The molecule has 0 bridgehead atoms. The van der Waals surface area contributed by atoms with Gasteiger partial charge in [0.1, 0.15) is 0 Å². The lowest BCUT2D eigenvalue weighted by molar-refractivity contribution is -0.132. The van der Waals surface area contributed by atoms with Crippen LogP contribution in [0.15, 0.2) is 12.2 Å². The Kier molecular flexibility index (Phi) is 4.44. The standard InChI is InChI=1S/C14H23NO/c16-14(12-13-8-4-5-9-13)15-10-6-2-1-3-7-11-15/h4,8,13H,1-3,5-7,9-12H2/t13-/m1/s1. The van der Waals surface area contributed by atoms with E-state index in [2.05, 4.69) is 17.1 Å². The van der Waals surface area contributed by atoms with Gasteiger partial charge in [-0.25, -0.2) is 0 Å². The van der Waals surface area contributed by atoms with E-state index in [0.29, 0.717) is 11.8 Å². The van der Waals surface area contributed by atoms with Crippen LogP contribution in [0.5, 0.6) is 0 Å². The van der Waals surface area contributed by atoms with Crippen molar-refractivity contribution in [3.8, 4) is 0 Å². The molecule has 0 N–H and O–H groups in total. The van der Waals surface area contributed by atoms with Crippen LogP contribution < -0.4 is 0 Å². The third kappa shape index (κ3) is 3.36. The molecule has 2 nitrogen and oxygen atoms in total. The van der Waals surface area contributed by atoms with Gasteiger partial charge in [0.05, 0.1) is 0 Å². The predicted octanol–water partition coefficient (Wildman–Crippen LogP) is 3.14. The fourth-order valence-electron chi connectivity index (χ4n) is 2.72. The van der Waals surface area contributed by atoms with E-state index in [9.17, 15) is 4.79 Å². The first-order valence-corrected chi connectivity index (χ1v) is 6.81. The van der Waals surface area contributed by atoms with E-state index in [1.54, 1.807) is 0 Å². The summed E-state index contributed by atoms with van der Waals surface area (Å²) in [4.78, 5) is 14.2. The molecule has 2 heteroatoms. The number of rotatable bonds is 2. The Morgan fingerprint density at radius 1 is 1.12 bits per heavy atom. The van der Waals surface area contributed by atoms with Gasteiger partial charge in [0, 0.05) is 19.5 Å². The Balaban J connectivity index is 1.79. The van der Waals surface area contributed by atoms with Crippen LogP contribution in [-0.2, 0) is 4.79 Å². The summed E-state index contributed by atoms with van der Waals surface area (Å²) in [7, 11) is 0. The van der Waals surface area contributed by atoms with Crippen molar-refractivity contribution in [3.05, 3.63) is 12.2 Å². The van der Waals surface area contributed by atoms with Gasteiger partial charge in [0.15, 0.2) is 0 Å². The zero-order valence-electron chi connectivity index (χ0n) is 10.2. The van der Waals surface area contributed by atoms with Gasteiger partial charge in [0.25, 0.3) is 0 Å². The summed E-state index contributed by atoms with van der Waals surface area (Å²) >= 11 is 0. The number of nitrogens with zero attached hydrogens (tertiary/aromatic N) is 1. The van der Waals surface area contributed by atoms with Crippen LogP contribution in [0, 0.1) is 5.92 Å². The molecular formula is C14H23NO. The summed E-state index contributed by atoms with van der Waals surface area (Å²) < 4.78 is 0. The summed E-state index contributed by atoms with van der Waals surface area (Å²) in [6.45, 7) is 1.99. The first kappa shape index (κ1) is 11.7. The Bertz CT molecular complexity index is 251. The van der Waals surface area contributed by atoms with Crippen molar-refractivity contribution < 1.29 is 4.79 Å². The minimum atomic E-state index is 0.387. The van der Waals surface area contributed by atoms with Crippen molar-refractivity contribution in [1.29, 1.82) is 0 Å². The quantitative estimate of drug-likeness (QED) is 0.656. The number of carbonyl (C=O) groups excluding carboxylic acids is 1. The molecule has 1 heterocycles. The highest BCUT2D eigenvalue weighted by Crippen LogP contribution is 2.22. The molecule has 1 aliphatic heterocycles. The monoisotopic (exact) mass is 221 g/mol. The molecule has 0 unspecified atom stereocenters. The van der Waals surface area contributed by atoms with Crippen molar-refractivity contribution in [2.75, 3.05) is 13.1 Å². The van der Waals surface area contributed by atoms with Gasteiger partial charge in [-0.1, -0.05) is 31.4 Å². The van der Waals surface area contributed by atoms with E-state index >= 15 is 0 Å². The third-order valence-corrected chi connectivity index (χ3v) is 3.76. The zero-order chi connectivity index (χ0) is 11.2. The summed E-state index contributed by atoms with van der Waals surface area (Å²) in [6.07, 6.45) is 13.9. The topological polar surface area (TPSA) is 20.3 Å². The molecule has 90 valence electrons. The van der Waals surface area contributed by atoms with Crippen LogP contribution in [0.2, 0.25) is 0 Å². The van der Waals surface area contributed by atoms with Gasteiger partial charge in [-0.3, -0.25) is 4.79 Å². The first-order valence-electron chi connectivity index (χ1n) is 6.81. The summed E-state index contributed by atoms with van der Waals surface area (Å²) in [5, 5.41) is 0. The van der Waals surface area contributed by atoms with E-state index in [4.69, 9.17) is 0 Å². The maximum atomic E-state index is 12.1. The average Bonchev–Trinajstić information content (AvgIpc) is 2.69. The van der Waals surface area contributed by atoms with E-state index in [-0.39, 0.29) is 0 Å². The maximum absolute atomic E-state index is 12.1. The summed E-state index contributed by atoms with van der Waals surface area (Å²) in [6, 6.07) is 0. The maximum Gasteiger partial charge on any atom is 0.223 e. The van der Waals surface area contributed by atoms with Gasteiger partial charge in [-0.15, -0.1) is 0 Å². The minimum absolute atomic E-state index is 0.387. The fraction of sp³-hybridized carbons (Fsp3) is 0.786. The van der Waals surface area contributed by atoms with Gasteiger partial charge in [-0.05, 0) is 31.6 Å². The van der Waals surface area contributed by atoms with Crippen LogP contribution in [0.25, 0.3) is 0 Å². The Labute approximate surface area is 98.7 Å². The molecule has 1 aliphatic carbocycles. The number of hydrogen-bond acceptors (Lipinski definition) is 1.